The molecule has 3 N–H and O–H groups in total. The van der Waals surface area contributed by atoms with Gasteiger partial charge in [-0.05, 0) is 35.9 Å². The van der Waals surface area contributed by atoms with Crippen molar-refractivity contribution in [1.29, 1.82) is 0 Å². The molecule has 4 rings (SSSR count). The smallest absolute Gasteiger partial charge is 0.470 e. The standard InChI is InChI=1S/C26H22ClF3N6O6/c1-40-8-7-19(23(39)33-14-4-6-18(22(31)38)32-11-14)36-12-20(41-2)17(10-21(36)37)16-9-13(27)3-5-15(16)24-34-35-25(42-24)26(28,29)30/h3-6,9-12,19H,7-8H2,1-2H3,(H2,31,38)(H,33,39). The number of hydrogen-bond acceptors (Lipinski definition) is 9. The zero-order valence-corrected chi connectivity index (χ0v) is 22.7. The van der Waals surface area contributed by atoms with Gasteiger partial charge in [0.05, 0.1) is 25.2 Å². The number of alkyl halides is 3. The molecule has 16 heteroatoms. The van der Waals surface area contributed by atoms with Gasteiger partial charge in [0, 0.05) is 42.4 Å². The van der Waals surface area contributed by atoms with Crippen molar-refractivity contribution < 1.29 is 36.7 Å². The first-order valence-corrected chi connectivity index (χ1v) is 12.4. The van der Waals surface area contributed by atoms with E-state index in [1.165, 1.54) is 56.9 Å². The van der Waals surface area contributed by atoms with Gasteiger partial charge < -0.3 is 24.9 Å². The van der Waals surface area contributed by atoms with E-state index in [9.17, 15) is 27.6 Å². The van der Waals surface area contributed by atoms with Gasteiger partial charge in [0.1, 0.15) is 17.5 Å². The van der Waals surface area contributed by atoms with Crippen LogP contribution in [0.25, 0.3) is 22.6 Å². The van der Waals surface area contributed by atoms with E-state index in [-0.39, 0.29) is 51.9 Å². The fraction of sp³-hybridized carbons (Fsp3) is 0.231. The molecular formula is C26H22ClF3N6O6. The van der Waals surface area contributed by atoms with Gasteiger partial charge >= 0.3 is 12.1 Å². The highest BCUT2D eigenvalue weighted by atomic mass is 35.5. The molecule has 42 heavy (non-hydrogen) atoms. The molecule has 1 unspecified atom stereocenters. The fourth-order valence-corrected chi connectivity index (χ4v) is 4.15. The summed E-state index contributed by atoms with van der Waals surface area (Å²) >= 11 is 6.18. The van der Waals surface area contributed by atoms with Crippen LogP contribution in [0.3, 0.4) is 0 Å². The molecule has 1 atom stereocenters. The Morgan fingerprint density at radius 3 is 2.48 bits per heavy atom. The monoisotopic (exact) mass is 606 g/mol. The second kappa shape index (κ2) is 12.4. The van der Waals surface area contributed by atoms with Crippen molar-refractivity contribution in [2.45, 2.75) is 18.6 Å². The molecule has 0 aliphatic rings. The number of hydrogen-bond donors (Lipinski definition) is 2. The summed E-state index contributed by atoms with van der Waals surface area (Å²) in [5.74, 6) is -3.28. The molecule has 4 aromatic rings. The number of benzene rings is 1. The first-order chi connectivity index (χ1) is 19.9. The average Bonchev–Trinajstić information content (AvgIpc) is 3.45. The second-order valence-electron chi connectivity index (χ2n) is 8.68. The molecule has 2 amide bonds. The number of carbonyl (C=O) groups is 2. The minimum atomic E-state index is -4.87. The first-order valence-electron chi connectivity index (χ1n) is 12.0. The summed E-state index contributed by atoms with van der Waals surface area (Å²) in [7, 11) is 2.73. The SMILES string of the molecule is COCCC(C(=O)Nc1ccc(C(N)=O)nc1)n1cc(OC)c(-c2cc(Cl)ccc2-c2nnc(C(F)(F)F)o2)cc1=O. The normalized spacial score (nSPS) is 12.1. The third kappa shape index (κ3) is 6.58. The van der Waals surface area contributed by atoms with E-state index in [0.29, 0.717) is 0 Å². The van der Waals surface area contributed by atoms with Gasteiger partial charge in [-0.1, -0.05) is 11.6 Å². The third-order valence-corrected chi connectivity index (χ3v) is 6.19. The van der Waals surface area contributed by atoms with Crippen molar-refractivity contribution in [1.82, 2.24) is 19.7 Å². The molecular weight excluding hydrogens is 585 g/mol. The van der Waals surface area contributed by atoms with Gasteiger partial charge in [-0.15, -0.1) is 10.2 Å². The molecule has 0 spiro atoms. The van der Waals surface area contributed by atoms with Crippen molar-refractivity contribution in [2.75, 3.05) is 26.1 Å². The Morgan fingerprint density at radius 2 is 1.88 bits per heavy atom. The Bertz CT molecular complexity index is 1670. The molecule has 0 aliphatic heterocycles. The van der Waals surface area contributed by atoms with Crippen LogP contribution in [-0.4, -0.2) is 52.4 Å². The Balaban J connectivity index is 1.76. The number of carbonyl (C=O) groups excluding carboxylic acids is 2. The maximum Gasteiger partial charge on any atom is 0.470 e. The highest BCUT2D eigenvalue weighted by Gasteiger charge is 2.38. The van der Waals surface area contributed by atoms with Crippen molar-refractivity contribution in [3.63, 3.8) is 0 Å². The van der Waals surface area contributed by atoms with Gasteiger partial charge in [-0.3, -0.25) is 19.0 Å². The average molecular weight is 607 g/mol. The highest BCUT2D eigenvalue weighted by molar-refractivity contribution is 6.31. The molecule has 1 aromatic carbocycles. The van der Waals surface area contributed by atoms with Gasteiger partial charge in [-0.2, -0.15) is 13.2 Å². The summed E-state index contributed by atoms with van der Waals surface area (Å²) in [5.41, 5.74) is 5.14. The van der Waals surface area contributed by atoms with E-state index in [2.05, 4.69) is 20.5 Å². The molecule has 0 saturated heterocycles. The molecule has 220 valence electrons. The first kappa shape index (κ1) is 30.2. The number of methoxy groups -OCH3 is 2. The summed E-state index contributed by atoms with van der Waals surface area (Å²) in [4.78, 5) is 41.9. The number of primary amides is 1. The predicted octanol–water partition coefficient (Wildman–Crippen LogP) is 3.96. The quantitative estimate of drug-likeness (QED) is 0.272. The summed E-state index contributed by atoms with van der Waals surface area (Å²) in [6, 6.07) is 6.96. The van der Waals surface area contributed by atoms with Gasteiger partial charge in [-0.25, -0.2) is 4.98 Å². The molecule has 0 fully saturated rings. The van der Waals surface area contributed by atoms with Crippen LogP contribution >= 0.6 is 11.6 Å². The van der Waals surface area contributed by atoms with Crippen molar-refractivity contribution in [3.8, 4) is 28.3 Å². The maximum atomic E-state index is 13.4. The summed E-state index contributed by atoms with van der Waals surface area (Å²) in [5, 5.41) is 9.39. The van der Waals surface area contributed by atoms with Crippen LogP contribution in [0.15, 0.2) is 58.0 Å². The van der Waals surface area contributed by atoms with E-state index >= 15 is 0 Å². The lowest BCUT2D eigenvalue weighted by Gasteiger charge is -2.21. The van der Waals surface area contributed by atoms with Crippen LogP contribution in [0.2, 0.25) is 5.02 Å². The number of pyridine rings is 2. The van der Waals surface area contributed by atoms with Crippen molar-refractivity contribution in [3.05, 3.63) is 75.8 Å². The Kier molecular flexibility index (Phi) is 8.92. The Morgan fingerprint density at radius 1 is 1.12 bits per heavy atom. The van der Waals surface area contributed by atoms with Gasteiger partial charge in [0.25, 0.3) is 11.5 Å². The summed E-state index contributed by atoms with van der Waals surface area (Å²) in [6.07, 6.45) is -2.28. The molecule has 3 aromatic heterocycles. The van der Waals surface area contributed by atoms with Crippen LogP contribution in [0.4, 0.5) is 18.9 Å². The van der Waals surface area contributed by atoms with E-state index in [1.807, 2.05) is 0 Å². The molecule has 0 bridgehead atoms. The number of aromatic nitrogens is 4. The number of amides is 2. The number of nitrogens with two attached hydrogens (primary N) is 1. The van der Waals surface area contributed by atoms with Crippen LogP contribution in [-0.2, 0) is 15.7 Å². The number of rotatable bonds is 10. The van der Waals surface area contributed by atoms with Crippen LogP contribution in [0.1, 0.15) is 28.8 Å². The van der Waals surface area contributed by atoms with Crippen LogP contribution < -0.4 is 21.3 Å². The van der Waals surface area contributed by atoms with Crippen molar-refractivity contribution in [2.24, 2.45) is 5.73 Å². The van der Waals surface area contributed by atoms with Crippen LogP contribution in [0, 0.1) is 0 Å². The second-order valence-corrected chi connectivity index (χ2v) is 9.12. The largest absolute Gasteiger partial charge is 0.495 e. The van der Waals surface area contributed by atoms with Gasteiger partial charge in [0.2, 0.25) is 11.8 Å². The lowest BCUT2D eigenvalue weighted by molar-refractivity contribution is -0.157. The topological polar surface area (TPSA) is 164 Å². The number of halogens is 4. The lowest BCUT2D eigenvalue weighted by Crippen LogP contribution is -2.34. The minimum absolute atomic E-state index is 0.00368. The molecule has 0 aliphatic carbocycles. The summed E-state index contributed by atoms with van der Waals surface area (Å²) in [6.45, 7) is 0.102. The summed E-state index contributed by atoms with van der Waals surface area (Å²) < 4.78 is 55.9. The molecule has 0 radical (unpaired) electrons. The Hall–Kier alpha value is -4.76. The predicted molar refractivity (Wildman–Crippen MR) is 143 cm³/mol. The fourth-order valence-electron chi connectivity index (χ4n) is 3.98. The number of nitrogens with zero attached hydrogens (tertiary/aromatic N) is 4. The molecule has 3 heterocycles. The van der Waals surface area contributed by atoms with Crippen LogP contribution in [0.5, 0.6) is 5.75 Å². The lowest BCUT2D eigenvalue weighted by atomic mass is 9.99. The maximum absolute atomic E-state index is 13.4. The zero-order chi connectivity index (χ0) is 30.6. The minimum Gasteiger partial charge on any atom is -0.495 e. The third-order valence-electron chi connectivity index (χ3n) is 5.95. The number of anilines is 1. The van der Waals surface area contributed by atoms with E-state index in [4.69, 9.17) is 31.2 Å². The van der Waals surface area contributed by atoms with E-state index in [0.717, 1.165) is 10.6 Å². The molecule has 0 saturated carbocycles. The van der Waals surface area contributed by atoms with Gasteiger partial charge in [0.15, 0.2) is 0 Å². The van der Waals surface area contributed by atoms with E-state index < -0.39 is 41.4 Å². The zero-order valence-electron chi connectivity index (χ0n) is 21.9. The number of nitrogens with one attached hydrogen (secondary N) is 1. The molecule has 12 nitrogen and oxygen atoms in total. The Labute approximate surface area is 240 Å². The highest BCUT2D eigenvalue weighted by Crippen LogP contribution is 2.39. The number of ether oxygens (including phenoxy) is 2. The van der Waals surface area contributed by atoms with E-state index in [1.54, 1.807) is 0 Å². The van der Waals surface area contributed by atoms with Crippen molar-refractivity contribution >= 4 is 29.1 Å².